The van der Waals surface area contributed by atoms with E-state index in [1.165, 1.54) is 47.9 Å². The summed E-state index contributed by atoms with van der Waals surface area (Å²) in [5.74, 6) is 2.32. The van der Waals surface area contributed by atoms with E-state index in [4.69, 9.17) is 0 Å². The van der Waals surface area contributed by atoms with Gasteiger partial charge in [-0.15, -0.1) is 0 Å². The number of aromatic nitrogens is 4. The SMILES string of the molecule is O[C@H](c1c(C2CC2)ccc2cncn12)C1CCC(c2ccc(F)cc2)CC1.O[C@H](c1c(C2CC2)ccc2cncn12)C1CCC(c2ccc(F)cc2)CC1. The highest BCUT2D eigenvalue weighted by Crippen LogP contribution is 2.48. The Morgan fingerprint density at radius 2 is 0.815 bits per heavy atom. The molecular weight excluding hydrogens is 679 g/mol. The minimum absolute atomic E-state index is 0.177. The Labute approximate surface area is 315 Å². The molecule has 6 aromatic rings. The fourth-order valence-electron chi connectivity index (χ4n) is 9.62. The normalized spacial score (nSPS) is 24.2. The third kappa shape index (κ3) is 7.23. The lowest BCUT2D eigenvalue weighted by atomic mass is 9.75. The molecule has 6 nitrogen and oxygen atoms in total. The molecule has 0 aliphatic heterocycles. The van der Waals surface area contributed by atoms with Crippen molar-refractivity contribution < 1.29 is 19.0 Å². The second kappa shape index (κ2) is 15.0. The largest absolute Gasteiger partial charge is 0.387 e. The fourth-order valence-corrected chi connectivity index (χ4v) is 9.62. The van der Waals surface area contributed by atoms with E-state index < -0.39 is 12.2 Å². The Morgan fingerprint density at radius 3 is 1.17 bits per heavy atom. The van der Waals surface area contributed by atoms with Crippen LogP contribution in [0, 0.1) is 23.5 Å². The highest BCUT2D eigenvalue weighted by atomic mass is 19.1. The molecule has 4 aliphatic rings. The zero-order valence-electron chi connectivity index (χ0n) is 30.8. The van der Waals surface area contributed by atoms with E-state index in [9.17, 15) is 19.0 Å². The van der Waals surface area contributed by atoms with Crippen LogP contribution in [0.15, 0.2) is 97.8 Å². The van der Waals surface area contributed by atoms with Crippen molar-refractivity contribution in [3.05, 3.63) is 143 Å². The van der Waals surface area contributed by atoms with E-state index in [2.05, 4.69) is 43.0 Å². The Bertz CT molecular complexity index is 2030. The van der Waals surface area contributed by atoms with Gasteiger partial charge in [-0.3, -0.25) is 0 Å². The van der Waals surface area contributed by atoms with Crippen LogP contribution in [0.5, 0.6) is 0 Å². The van der Waals surface area contributed by atoms with Gasteiger partial charge in [-0.25, -0.2) is 18.7 Å². The van der Waals surface area contributed by atoms with Gasteiger partial charge < -0.3 is 19.0 Å². The van der Waals surface area contributed by atoms with Crippen molar-refractivity contribution in [2.24, 2.45) is 11.8 Å². The molecule has 4 aromatic heterocycles. The molecule has 0 unspecified atom stereocenters. The van der Waals surface area contributed by atoms with Gasteiger partial charge in [-0.05, 0) is 171 Å². The predicted molar refractivity (Wildman–Crippen MR) is 206 cm³/mol. The smallest absolute Gasteiger partial charge is 0.123 e. The molecule has 2 aromatic carbocycles. The van der Waals surface area contributed by atoms with Gasteiger partial charge in [-0.1, -0.05) is 36.4 Å². The summed E-state index contributed by atoms with van der Waals surface area (Å²) in [5.41, 5.74) is 9.25. The van der Waals surface area contributed by atoms with Gasteiger partial charge in [0, 0.05) is 0 Å². The Kier molecular flexibility index (Phi) is 9.83. The number of imidazole rings is 2. The van der Waals surface area contributed by atoms with Crippen molar-refractivity contribution >= 4 is 11.0 Å². The lowest BCUT2D eigenvalue weighted by Crippen LogP contribution is -2.22. The van der Waals surface area contributed by atoms with Gasteiger partial charge in [0.2, 0.25) is 0 Å². The summed E-state index contributed by atoms with van der Waals surface area (Å²) in [6.45, 7) is 0. The molecule has 0 saturated heterocycles. The van der Waals surface area contributed by atoms with Crippen LogP contribution in [0.25, 0.3) is 11.0 Å². The van der Waals surface area contributed by atoms with Crippen LogP contribution >= 0.6 is 0 Å². The maximum atomic E-state index is 13.2. The summed E-state index contributed by atoms with van der Waals surface area (Å²) >= 11 is 0. The van der Waals surface area contributed by atoms with Crippen molar-refractivity contribution in [2.45, 2.75) is 113 Å². The number of hydrogen-bond donors (Lipinski definition) is 2. The number of pyridine rings is 2. The molecule has 2 atom stereocenters. The molecule has 0 spiro atoms. The molecule has 4 saturated carbocycles. The molecule has 4 heterocycles. The van der Waals surface area contributed by atoms with Gasteiger partial charge in [0.25, 0.3) is 0 Å². The molecule has 8 heteroatoms. The first kappa shape index (κ1) is 35.3. The quantitative estimate of drug-likeness (QED) is 0.164. The molecule has 4 aliphatic carbocycles. The first-order chi connectivity index (χ1) is 26.4. The summed E-state index contributed by atoms with van der Waals surface area (Å²) < 4.78 is 30.5. The molecule has 0 radical (unpaired) electrons. The number of aliphatic hydroxyl groups is 2. The zero-order valence-corrected chi connectivity index (χ0v) is 30.8. The maximum absolute atomic E-state index is 13.2. The monoisotopic (exact) mass is 728 g/mol. The number of halogens is 2. The van der Waals surface area contributed by atoms with Crippen molar-refractivity contribution in [3.8, 4) is 0 Å². The van der Waals surface area contributed by atoms with Crippen LogP contribution in [0.1, 0.15) is 147 Å². The fraction of sp³-hybridized carbons (Fsp3) is 0.435. The first-order valence-electron chi connectivity index (χ1n) is 20.2. The van der Waals surface area contributed by atoms with Gasteiger partial charge in [0.05, 0.1) is 59.7 Å². The van der Waals surface area contributed by atoms with Crippen molar-refractivity contribution in [3.63, 3.8) is 0 Å². The second-order valence-corrected chi connectivity index (χ2v) is 16.5. The van der Waals surface area contributed by atoms with E-state index in [-0.39, 0.29) is 23.5 Å². The highest BCUT2D eigenvalue weighted by Gasteiger charge is 2.36. The van der Waals surface area contributed by atoms with Crippen LogP contribution in [-0.4, -0.2) is 29.0 Å². The van der Waals surface area contributed by atoms with Gasteiger partial charge in [-0.2, -0.15) is 0 Å². The van der Waals surface area contributed by atoms with Crippen LogP contribution in [-0.2, 0) is 0 Å². The topological polar surface area (TPSA) is 75.1 Å². The van der Waals surface area contributed by atoms with E-state index in [0.717, 1.165) is 73.8 Å². The number of rotatable bonds is 8. The summed E-state index contributed by atoms with van der Waals surface area (Å²) in [6, 6.07) is 22.5. The van der Waals surface area contributed by atoms with Crippen LogP contribution in [0.4, 0.5) is 8.78 Å². The van der Waals surface area contributed by atoms with Crippen LogP contribution in [0.3, 0.4) is 0 Å². The molecule has 280 valence electrons. The number of hydrogen-bond acceptors (Lipinski definition) is 4. The Morgan fingerprint density at radius 1 is 0.463 bits per heavy atom. The predicted octanol–water partition coefficient (Wildman–Crippen LogP) is 10.7. The molecule has 54 heavy (non-hydrogen) atoms. The average Bonchev–Trinajstić information content (AvgIpc) is 4.14. The van der Waals surface area contributed by atoms with Gasteiger partial charge in [0.1, 0.15) is 11.6 Å². The molecule has 4 fully saturated rings. The van der Waals surface area contributed by atoms with Gasteiger partial charge >= 0.3 is 0 Å². The first-order valence-corrected chi connectivity index (χ1v) is 20.2. The standard InChI is InChI=1S/2C23H25FN2O/c2*24-19-9-7-16(8-10-19)15-1-5-18(6-2-15)23(27)22-21(17-3-4-17)12-11-20-13-25-14-26(20)22/h2*7-15,17-18,23,27H,1-6H2/t2*15?,18?,23-/m00/s1. The summed E-state index contributed by atoms with van der Waals surface area (Å²) in [4.78, 5) is 8.58. The van der Waals surface area contributed by atoms with Crippen molar-refractivity contribution in [1.29, 1.82) is 0 Å². The lowest BCUT2D eigenvalue weighted by Gasteiger charge is -2.33. The minimum atomic E-state index is -0.451. The Hall–Kier alpha value is -4.40. The molecule has 0 bridgehead atoms. The average molecular weight is 729 g/mol. The highest BCUT2D eigenvalue weighted by molar-refractivity contribution is 5.51. The number of benzene rings is 2. The van der Waals surface area contributed by atoms with Gasteiger partial charge in [0.15, 0.2) is 0 Å². The third-order valence-corrected chi connectivity index (χ3v) is 13.0. The molecular formula is C46H50F2N4O2. The van der Waals surface area contributed by atoms with E-state index in [1.807, 2.05) is 49.3 Å². The molecule has 10 rings (SSSR count). The lowest BCUT2D eigenvalue weighted by molar-refractivity contribution is 0.0753. The number of nitrogens with zero attached hydrogens (tertiary/aromatic N) is 4. The third-order valence-electron chi connectivity index (χ3n) is 13.0. The molecule has 0 amide bonds. The van der Waals surface area contributed by atoms with E-state index in [0.29, 0.717) is 23.7 Å². The number of aliphatic hydroxyl groups excluding tert-OH is 2. The summed E-state index contributed by atoms with van der Waals surface area (Å²) in [7, 11) is 0. The van der Waals surface area contributed by atoms with Crippen molar-refractivity contribution in [2.75, 3.05) is 0 Å². The second-order valence-electron chi connectivity index (χ2n) is 16.5. The van der Waals surface area contributed by atoms with E-state index in [1.54, 1.807) is 24.3 Å². The maximum Gasteiger partial charge on any atom is 0.123 e. The van der Waals surface area contributed by atoms with Crippen molar-refractivity contribution in [1.82, 2.24) is 18.8 Å². The van der Waals surface area contributed by atoms with Crippen LogP contribution < -0.4 is 0 Å². The summed E-state index contributed by atoms with van der Waals surface area (Å²) in [6.07, 6.45) is 19.6. The minimum Gasteiger partial charge on any atom is -0.387 e. The number of fused-ring (bicyclic) bond motifs is 2. The zero-order chi connectivity index (χ0) is 36.8. The van der Waals surface area contributed by atoms with Crippen LogP contribution in [0.2, 0.25) is 0 Å². The Balaban J connectivity index is 0.000000142. The summed E-state index contributed by atoms with van der Waals surface area (Å²) in [5, 5.41) is 22.6. The molecule has 2 N–H and O–H groups in total. The van der Waals surface area contributed by atoms with E-state index >= 15 is 0 Å².